The summed E-state index contributed by atoms with van der Waals surface area (Å²) in [7, 11) is 0. The molecule has 5 aromatic rings. The van der Waals surface area contributed by atoms with Crippen molar-refractivity contribution < 1.29 is 4.74 Å². The van der Waals surface area contributed by atoms with E-state index in [1.807, 2.05) is 0 Å². The maximum atomic E-state index is 6.67. The van der Waals surface area contributed by atoms with E-state index in [4.69, 9.17) is 4.74 Å². The summed E-state index contributed by atoms with van der Waals surface area (Å²) < 4.78 is 6.67. The molecule has 174 valence electrons. The highest BCUT2D eigenvalue weighted by Crippen LogP contribution is 2.63. The molecule has 0 aromatic heterocycles. The van der Waals surface area contributed by atoms with Gasteiger partial charge in [-0.3, -0.25) is 0 Å². The smallest absolute Gasteiger partial charge is 0.132 e. The molecule has 1 heterocycles. The molecule has 0 N–H and O–H groups in total. The molecule has 5 aromatic carbocycles. The zero-order chi connectivity index (χ0) is 24.4. The van der Waals surface area contributed by atoms with Crippen LogP contribution in [0.1, 0.15) is 28.7 Å². The summed E-state index contributed by atoms with van der Waals surface area (Å²) >= 11 is 0. The molecule has 37 heavy (non-hydrogen) atoms. The fraction of sp³-hybridized carbons (Fsp3) is 0.0556. The van der Waals surface area contributed by atoms with Crippen LogP contribution >= 0.6 is 0 Å². The molecule has 1 heteroatoms. The van der Waals surface area contributed by atoms with Crippen LogP contribution in [-0.4, -0.2) is 0 Å². The highest BCUT2D eigenvalue weighted by Gasteiger charge is 2.52. The van der Waals surface area contributed by atoms with Gasteiger partial charge in [0, 0.05) is 11.1 Å². The molecule has 0 amide bonds. The molecule has 0 saturated carbocycles. The summed E-state index contributed by atoms with van der Waals surface area (Å²) in [5.41, 5.74) is 12.4. The molecule has 0 atom stereocenters. The number of fused-ring (bicyclic) bond motifs is 8. The molecule has 0 radical (unpaired) electrons. The first-order chi connectivity index (χ1) is 18.3. The van der Waals surface area contributed by atoms with E-state index >= 15 is 0 Å². The van der Waals surface area contributed by atoms with Gasteiger partial charge >= 0.3 is 0 Å². The third-order valence-corrected chi connectivity index (χ3v) is 8.21. The Hall–Kier alpha value is -4.62. The molecule has 0 fully saturated rings. The molecule has 0 unspecified atom stereocenters. The SMILES string of the molecule is C1=CC2=C(C1)C1(c3cc(-c4ccccc4)ccc3Oc3ccc(-c4ccccc4)cc31)c1ccccc12. The van der Waals surface area contributed by atoms with Gasteiger partial charge in [-0.2, -0.15) is 0 Å². The predicted octanol–water partition coefficient (Wildman–Crippen LogP) is 9.19. The van der Waals surface area contributed by atoms with Gasteiger partial charge in [-0.25, -0.2) is 0 Å². The van der Waals surface area contributed by atoms with E-state index in [2.05, 4.69) is 133 Å². The molecule has 1 aliphatic heterocycles. The van der Waals surface area contributed by atoms with Crippen molar-refractivity contribution in [2.75, 3.05) is 0 Å². The van der Waals surface area contributed by atoms with E-state index in [0.29, 0.717) is 0 Å². The van der Waals surface area contributed by atoms with E-state index < -0.39 is 5.41 Å². The second-order valence-electron chi connectivity index (χ2n) is 10.1. The number of allylic oxidation sites excluding steroid dienone is 4. The first-order valence-electron chi connectivity index (χ1n) is 12.9. The van der Waals surface area contributed by atoms with Gasteiger partial charge in [0.2, 0.25) is 0 Å². The van der Waals surface area contributed by atoms with Crippen molar-refractivity contribution in [1.29, 1.82) is 0 Å². The second kappa shape index (κ2) is 7.69. The quantitative estimate of drug-likeness (QED) is 0.249. The minimum Gasteiger partial charge on any atom is -0.457 e. The van der Waals surface area contributed by atoms with Crippen LogP contribution in [0.4, 0.5) is 0 Å². The number of rotatable bonds is 2. The molecule has 2 aliphatic carbocycles. The van der Waals surface area contributed by atoms with Crippen LogP contribution in [0.2, 0.25) is 0 Å². The van der Waals surface area contributed by atoms with E-state index in [0.717, 1.165) is 17.9 Å². The topological polar surface area (TPSA) is 9.23 Å². The Kier molecular flexibility index (Phi) is 4.27. The van der Waals surface area contributed by atoms with E-state index in [9.17, 15) is 0 Å². The van der Waals surface area contributed by atoms with Crippen molar-refractivity contribution in [3.05, 3.63) is 161 Å². The number of hydrogen-bond acceptors (Lipinski definition) is 1. The van der Waals surface area contributed by atoms with Crippen molar-refractivity contribution in [2.24, 2.45) is 0 Å². The van der Waals surface area contributed by atoms with Gasteiger partial charge in [-0.1, -0.05) is 109 Å². The maximum Gasteiger partial charge on any atom is 0.132 e. The summed E-state index contributed by atoms with van der Waals surface area (Å²) in [6.45, 7) is 0. The minimum absolute atomic E-state index is 0.395. The van der Waals surface area contributed by atoms with Crippen LogP contribution in [0.15, 0.2) is 139 Å². The molecule has 8 rings (SSSR count). The zero-order valence-corrected chi connectivity index (χ0v) is 20.3. The number of ether oxygens (including phenoxy) is 1. The Bertz CT molecular complexity index is 1670. The largest absolute Gasteiger partial charge is 0.457 e. The van der Waals surface area contributed by atoms with Gasteiger partial charge in [-0.15, -0.1) is 0 Å². The van der Waals surface area contributed by atoms with Crippen LogP contribution in [-0.2, 0) is 5.41 Å². The molecular formula is C36H24O. The third-order valence-electron chi connectivity index (χ3n) is 8.21. The van der Waals surface area contributed by atoms with E-state index in [1.54, 1.807) is 0 Å². The lowest BCUT2D eigenvalue weighted by Gasteiger charge is -2.41. The fourth-order valence-electron chi connectivity index (χ4n) is 6.64. The van der Waals surface area contributed by atoms with Gasteiger partial charge in [0.25, 0.3) is 0 Å². The Labute approximate surface area is 217 Å². The van der Waals surface area contributed by atoms with Crippen molar-refractivity contribution in [2.45, 2.75) is 11.8 Å². The van der Waals surface area contributed by atoms with Crippen molar-refractivity contribution >= 4 is 5.57 Å². The maximum absolute atomic E-state index is 6.67. The first kappa shape index (κ1) is 20.6. The van der Waals surface area contributed by atoms with Gasteiger partial charge in [-0.05, 0) is 75.2 Å². The summed E-state index contributed by atoms with van der Waals surface area (Å²) in [6.07, 6.45) is 5.58. The lowest BCUT2D eigenvalue weighted by molar-refractivity contribution is 0.433. The lowest BCUT2D eigenvalue weighted by Crippen LogP contribution is -2.33. The summed E-state index contributed by atoms with van der Waals surface area (Å²) in [4.78, 5) is 0. The van der Waals surface area contributed by atoms with Gasteiger partial charge in [0.1, 0.15) is 11.5 Å². The third kappa shape index (κ3) is 2.80. The average molecular weight is 473 g/mol. The monoisotopic (exact) mass is 472 g/mol. The molecule has 1 nitrogen and oxygen atoms in total. The van der Waals surface area contributed by atoms with E-state index in [-0.39, 0.29) is 0 Å². The predicted molar refractivity (Wildman–Crippen MR) is 151 cm³/mol. The van der Waals surface area contributed by atoms with Gasteiger partial charge < -0.3 is 4.74 Å². The van der Waals surface area contributed by atoms with Crippen molar-refractivity contribution in [1.82, 2.24) is 0 Å². The summed E-state index contributed by atoms with van der Waals surface area (Å²) in [6, 6.07) is 43.7. The van der Waals surface area contributed by atoms with Crippen LogP contribution in [0.25, 0.3) is 27.8 Å². The number of hydrogen-bond donors (Lipinski definition) is 0. The van der Waals surface area contributed by atoms with Gasteiger partial charge in [0.05, 0.1) is 5.41 Å². The Morgan fingerprint density at radius 3 is 1.70 bits per heavy atom. The Morgan fingerprint density at radius 1 is 0.514 bits per heavy atom. The molecule has 0 saturated heterocycles. The van der Waals surface area contributed by atoms with Crippen LogP contribution < -0.4 is 4.74 Å². The first-order valence-corrected chi connectivity index (χ1v) is 12.9. The molecule has 3 aliphatic rings. The van der Waals surface area contributed by atoms with Crippen LogP contribution in [0, 0.1) is 0 Å². The van der Waals surface area contributed by atoms with E-state index in [1.165, 1.54) is 55.7 Å². The van der Waals surface area contributed by atoms with Crippen LogP contribution in [0.3, 0.4) is 0 Å². The van der Waals surface area contributed by atoms with Crippen LogP contribution in [0.5, 0.6) is 11.5 Å². The Balaban J connectivity index is 1.47. The molecular weight excluding hydrogens is 448 g/mol. The highest BCUT2D eigenvalue weighted by molar-refractivity contribution is 5.94. The fourth-order valence-corrected chi connectivity index (χ4v) is 6.64. The van der Waals surface area contributed by atoms with Gasteiger partial charge in [0.15, 0.2) is 0 Å². The molecule has 1 spiro atoms. The highest BCUT2D eigenvalue weighted by atomic mass is 16.5. The second-order valence-corrected chi connectivity index (χ2v) is 10.1. The standard InChI is InChI=1S/C36H24O/c1-3-10-24(11-4-1)26-18-20-34-32(22-26)36(30-16-8-7-14-28(30)29-15-9-17-31(29)36)33-23-27(19-21-35(33)37-34)25-12-5-2-6-13-25/h1-16,18-23H,17H2. The Morgan fingerprint density at radius 2 is 1.08 bits per heavy atom. The van der Waals surface area contributed by atoms with Crippen molar-refractivity contribution in [3.63, 3.8) is 0 Å². The summed E-state index contributed by atoms with van der Waals surface area (Å²) in [5.74, 6) is 1.88. The lowest BCUT2D eigenvalue weighted by atomic mass is 9.64. The van der Waals surface area contributed by atoms with Crippen molar-refractivity contribution in [3.8, 4) is 33.8 Å². The number of benzene rings is 5. The normalized spacial score (nSPS) is 15.7. The summed E-state index contributed by atoms with van der Waals surface area (Å²) in [5, 5.41) is 0. The molecule has 0 bridgehead atoms. The average Bonchev–Trinajstić information content (AvgIpc) is 3.56. The zero-order valence-electron chi connectivity index (χ0n) is 20.3. The minimum atomic E-state index is -0.395.